The van der Waals surface area contributed by atoms with Gasteiger partial charge in [-0.25, -0.2) is 0 Å². The van der Waals surface area contributed by atoms with Crippen molar-refractivity contribution >= 4 is 0 Å². The van der Waals surface area contributed by atoms with Gasteiger partial charge in [-0.05, 0) is 24.2 Å². The van der Waals surface area contributed by atoms with Gasteiger partial charge in [0.1, 0.15) is 0 Å². The lowest BCUT2D eigenvalue weighted by atomic mass is 9.58. The highest BCUT2D eigenvalue weighted by Crippen LogP contribution is 2.47. The SMILES string of the molecule is [CH2+]C1CC(C(CCC)C(C)C)C1C. The Balaban J connectivity index is 2.46. The first kappa shape index (κ1) is 10.9. The zero-order valence-corrected chi connectivity index (χ0v) is 9.72. The molecule has 0 aliphatic heterocycles. The maximum absolute atomic E-state index is 4.18. The second-order valence-electron chi connectivity index (χ2n) is 5.22. The second kappa shape index (κ2) is 4.39. The molecule has 1 aliphatic rings. The van der Waals surface area contributed by atoms with Crippen molar-refractivity contribution in [1.82, 2.24) is 0 Å². The minimum atomic E-state index is 0.739. The second-order valence-corrected chi connectivity index (χ2v) is 5.22. The third-order valence-electron chi connectivity index (χ3n) is 4.02. The molecule has 0 spiro atoms. The summed E-state index contributed by atoms with van der Waals surface area (Å²) >= 11 is 0. The van der Waals surface area contributed by atoms with E-state index in [2.05, 4.69) is 34.6 Å². The van der Waals surface area contributed by atoms with Crippen molar-refractivity contribution < 1.29 is 0 Å². The Kier molecular flexibility index (Phi) is 3.70. The molecule has 0 radical (unpaired) electrons. The van der Waals surface area contributed by atoms with Crippen LogP contribution in [0, 0.1) is 36.5 Å². The molecule has 1 rings (SSSR count). The van der Waals surface area contributed by atoms with Gasteiger partial charge >= 0.3 is 0 Å². The van der Waals surface area contributed by atoms with E-state index < -0.39 is 0 Å². The lowest BCUT2D eigenvalue weighted by molar-refractivity contribution is 0.0370. The largest absolute Gasteiger partial charge is 0.0983 e. The Hall–Kier alpha value is -0.130. The molecule has 0 aromatic rings. The molecule has 1 aliphatic carbocycles. The standard InChI is InChI=1S/C13H25/c1-6-7-12(9(2)3)13-8-10(4)11(13)5/h9-13H,4,6-8H2,1-3,5H3/q+1. The van der Waals surface area contributed by atoms with Crippen LogP contribution in [0.2, 0.25) is 0 Å². The van der Waals surface area contributed by atoms with E-state index in [0.717, 1.165) is 29.6 Å². The summed E-state index contributed by atoms with van der Waals surface area (Å²) in [5, 5.41) is 0. The topological polar surface area (TPSA) is 0 Å². The van der Waals surface area contributed by atoms with Crippen LogP contribution in [0.25, 0.3) is 0 Å². The molecule has 0 heterocycles. The fraction of sp³-hybridized carbons (Fsp3) is 0.923. The molecule has 0 heteroatoms. The molecule has 0 bridgehead atoms. The Bertz CT molecular complexity index is 148. The highest BCUT2D eigenvalue weighted by atomic mass is 14.4. The van der Waals surface area contributed by atoms with E-state index in [1.54, 1.807) is 0 Å². The van der Waals surface area contributed by atoms with Crippen molar-refractivity contribution in [3.63, 3.8) is 0 Å². The molecular weight excluding hydrogens is 156 g/mol. The fourth-order valence-electron chi connectivity index (χ4n) is 2.87. The Labute approximate surface area is 84.1 Å². The zero-order chi connectivity index (χ0) is 10.0. The summed E-state index contributed by atoms with van der Waals surface area (Å²) in [6.45, 7) is 13.6. The first-order chi connectivity index (χ1) is 6.07. The maximum Gasteiger partial charge on any atom is 0.0983 e. The van der Waals surface area contributed by atoms with E-state index in [4.69, 9.17) is 0 Å². The minimum absolute atomic E-state index is 0.739. The van der Waals surface area contributed by atoms with E-state index in [0.29, 0.717) is 0 Å². The molecule has 0 amide bonds. The third kappa shape index (κ3) is 2.21. The Morgan fingerprint density at radius 3 is 2.31 bits per heavy atom. The van der Waals surface area contributed by atoms with Crippen LogP contribution < -0.4 is 0 Å². The summed E-state index contributed by atoms with van der Waals surface area (Å²) in [5.41, 5.74) is 0. The van der Waals surface area contributed by atoms with Gasteiger partial charge in [-0.1, -0.05) is 40.5 Å². The molecule has 0 aromatic heterocycles. The maximum atomic E-state index is 4.18. The van der Waals surface area contributed by atoms with Crippen LogP contribution in [0.15, 0.2) is 0 Å². The van der Waals surface area contributed by atoms with Gasteiger partial charge in [0.25, 0.3) is 0 Å². The van der Waals surface area contributed by atoms with Gasteiger partial charge in [0, 0.05) is 5.92 Å². The van der Waals surface area contributed by atoms with Crippen LogP contribution in [0.3, 0.4) is 0 Å². The highest BCUT2D eigenvalue weighted by molar-refractivity contribution is 4.92. The van der Waals surface area contributed by atoms with E-state index in [-0.39, 0.29) is 0 Å². The van der Waals surface area contributed by atoms with E-state index in [1.165, 1.54) is 19.3 Å². The molecule has 1 fully saturated rings. The molecule has 13 heavy (non-hydrogen) atoms. The molecule has 0 N–H and O–H groups in total. The van der Waals surface area contributed by atoms with Gasteiger partial charge in [-0.15, -0.1) is 0 Å². The smallest absolute Gasteiger partial charge is 0.0654 e. The summed E-state index contributed by atoms with van der Waals surface area (Å²) in [6, 6.07) is 0. The van der Waals surface area contributed by atoms with Gasteiger partial charge in [-0.3, -0.25) is 0 Å². The Morgan fingerprint density at radius 1 is 1.38 bits per heavy atom. The summed E-state index contributed by atoms with van der Waals surface area (Å²) in [4.78, 5) is 0. The van der Waals surface area contributed by atoms with Gasteiger partial charge < -0.3 is 0 Å². The van der Waals surface area contributed by atoms with Crippen molar-refractivity contribution in [3.8, 4) is 0 Å². The van der Waals surface area contributed by atoms with E-state index in [1.807, 2.05) is 0 Å². The van der Waals surface area contributed by atoms with Crippen molar-refractivity contribution in [2.75, 3.05) is 0 Å². The lowest BCUT2D eigenvalue weighted by Gasteiger charge is -2.43. The lowest BCUT2D eigenvalue weighted by Crippen LogP contribution is -2.39. The molecule has 0 saturated heterocycles. The van der Waals surface area contributed by atoms with Crippen molar-refractivity contribution in [2.24, 2.45) is 29.6 Å². The van der Waals surface area contributed by atoms with E-state index in [9.17, 15) is 0 Å². The first-order valence-electron chi connectivity index (χ1n) is 5.91. The molecule has 1 saturated carbocycles. The predicted molar refractivity (Wildman–Crippen MR) is 59.4 cm³/mol. The van der Waals surface area contributed by atoms with Crippen LogP contribution in [0.1, 0.15) is 47.0 Å². The number of hydrogen-bond acceptors (Lipinski definition) is 0. The van der Waals surface area contributed by atoms with Crippen molar-refractivity contribution in [2.45, 2.75) is 47.0 Å². The molecular formula is C13H25+. The van der Waals surface area contributed by atoms with Gasteiger partial charge in [0.15, 0.2) is 0 Å². The quantitative estimate of drug-likeness (QED) is 0.571. The zero-order valence-electron chi connectivity index (χ0n) is 9.72. The molecule has 0 nitrogen and oxygen atoms in total. The average molecular weight is 181 g/mol. The van der Waals surface area contributed by atoms with Crippen LogP contribution >= 0.6 is 0 Å². The van der Waals surface area contributed by atoms with Crippen LogP contribution in [-0.2, 0) is 0 Å². The number of hydrogen-bond donors (Lipinski definition) is 0. The third-order valence-corrected chi connectivity index (χ3v) is 4.02. The van der Waals surface area contributed by atoms with Crippen LogP contribution in [0.4, 0.5) is 0 Å². The Morgan fingerprint density at radius 2 is 2.00 bits per heavy atom. The summed E-state index contributed by atoms with van der Waals surface area (Å²) in [7, 11) is 0. The van der Waals surface area contributed by atoms with Gasteiger partial charge in [0.2, 0.25) is 0 Å². The molecule has 4 unspecified atom stereocenters. The van der Waals surface area contributed by atoms with E-state index >= 15 is 0 Å². The summed E-state index contributed by atoms with van der Waals surface area (Å²) < 4.78 is 0. The molecule has 76 valence electrons. The van der Waals surface area contributed by atoms with Gasteiger partial charge in [-0.2, -0.15) is 0 Å². The van der Waals surface area contributed by atoms with Crippen LogP contribution in [0.5, 0.6) is 0 Å². The number of rotatable bonds is 4. The first-order valence-corrected chi connectivity index (χ1v) is 5.91. The van der Waals surface area contributed by atoms with Crippen LogP contribution in [-0.4, -0.2) is 0 Å². The summed E-state index contributed by atoms with van der Waals surface area (Å²) in [6.07, 6.45) is 4.14. The normalized spacial score (nSPS) is 35.9. The van der Waals surface area contributed by atoms with Crippen molar-refractivity contribution in [1.29, 1.82) is 0 Å². The molecule has 4 atom stereocenters. The minimum Gasteiger partial charge on any atom is -0.0654 e. The monoisotopic (exact) mass is 181 g/mol. The summed E-state index contributed by atoms with van der Waals surface area (Å²) in [5.74, 6) is 4.41. The molecule has 0 aromatic carbocycles. The average Bonchev–Trinajstić information content (AvgIpc) is 2.10. The van der Waals surface area contributed by atoms with Crippen molar-refractivity contribution in [3.05, 3.63) is 6.92 Å². The predicted octanol–water partition coefficient (Wildman–Crippen LogP) is 4.16. The van der Waals surface area contributed by atoms with Gasteiger partial charge in [0.05, 0.1) is 12.8 Å². The fourth-order valence-corrected chi connectivity index (χ4v) is 2.87. The highest BCUT2D eigenvalue weighted by Gasteiger charge is 2.43.